The predicted molar refractivity (Wildman–Crippen MR) is 77.0 cm³/mol. The van der Waals surface area contributed by atoms with E-state index in [1.807, 2.05) is 0 Å². The summed E-state index contributed by atoms with van der Waals surface area (Å²) in [5.74, 6) is 1.05. The van der Waals surface area contributed by atoms with Crippen molar-refractivity contribution in [1.82, 2.24) is 10.6 Å². The second-order valence-corrected chi connectivity index (χ2v) is 5.28. The summed E-state index contributed by atoms with van der Waals surface area (Å²) in [6, 6.07) is 0. The summed E-state index contributed by atoms with van der Waals surface area (Å²) < 4.78 is 0. The zero-order chi connectivity index (χ0) is 11.9. The maximum atomic E-state index is 11.7. The second kappa shape index (κ2) is 8.54. The van der Waals surface area contributed by atoms with Gasteiger partial charge in [-0.05, 0) is 25.3 Å². The van der Waals surface area contributed by atoms with Crippen molar-refractivity contribution in [2.45, 2.75) is 44.9 Å². The lowest BCUT2D eigenvalue weighted by molar-refractivity contribution is -0.121. The van der Waals surface area contributed by atoms with Crippen LogP contribution in [-0.4, -0.2) is 25.5 Å². The lowest BCUT2D eigenvalue weighted by atomic mass is 10.0. The molecule has 1 aliphatic heterocycles. The van der Waals surface area contributed by atoms with Crippen LogP contribution in [0.5, 0.6) is 0 Å². The van der Waals surface area contributed by atoms with E-state index in [2.05, 4.69) is 16.7 Å². The minimum Gasteiger partial charge on any atom is -0.352 e. The number of halogens is 1. The number of nitrogens with one attached hydrogen (secondary N) is 2. The average Bonchev–Trinajstić information content (AvgIpc) is 2.88. The van der Waals surface area contributed by atoms with Crippen LogP contribution in [0.1, 0.15) is 44.9 Å². The fraction of sp³-hybridized carbons (Fsp3) is 0.786. The van der Waals surface area contributed by atoms with Crippen molar-refractivity contribution in [3.63, 3.8) is 0 Å². The van der Waals surface area contributed by atoms with E-state index in [4.69, 9.17) is 0 Å². The third kappa shape index (κ3) is 5.40. The van der Waals surface area contributed by atoms with Crippen LogP contribution in [-0.2, 0) is 4.79 Å². The third-order valence-corrected chi connectivity index (χ3v) is 3.92. The monoisotopic (exact) mass is 272 g/mol. The summed E-state index contributed by atoms with van der Waals surface area (Å²) in [6.07, 6.45) is 10.5. The van der Waals surface area contributed by atoms with Crippen LogP contribution in [0, 0.1) is 5.92 Å². The van der Waals surface area contributed by atoms with Crippen molar-refractivity contribution in [3.05, 3.63) is 11.6 Å². The van der Waals surface area contributed by atoms with E-state index in [1.54, 1.807) is 0 Å². The van der Waals surface area contributed by atoms with Crippen molar-refractivity contribution in [2.75, 3.05) is 19.6 Å². The molecule has 1 aliphatic carbocycles. The Morgan fingerprint density at radius 1 is 1.39 bits per heavy atom. The maximum Gasteiger partial charge on any atom is 0.220 e. The van der Waals surface area contributed by atoms with Crippen LogP contribution < -0.4 is 10.6 Å². The molecule has 1 heterocycles. The fourth-order valence-electron chi connectivity index (χ4n) is 2.76. The molecule has 0 saturated heterocycles. The molecule has 0 radical (unpaired) electrons. The van der Waals surface area contributed by atoms with Gasteiger partial charge in [-0.2, -0.15) is 0 Å². The summed E-state index contributed by atoms with van der Waals surface area (Å²) in [6.45, 7) is 2.75. The van der Waals surface area contributed by atoms with E-state index in [9.17, 15) is 4.79 Å². The van der Waals surface area contributed by atoms with E-state index in [0.29, 0.717) is 0 Å². The van der Waals surface area contributed by atoms with Crippen LogP contribution in [0.15, 0.2) is 11.6 Å². The number of hydrogen-bond donors (Lipinski definition) is 2. The molecule has 0 aromatic carbocycles. The Kier molecular flexibility index (Phi) is 7.36. The van der Waals surface area contributed by atoms with Crippen molar-refractivity contribution in [2.24, 2.45) is 5.92 Å². The van der Waals surface area contributed by atoms with Crippen molar-refractivity contribution >= 4 is 18.3 Å². The second-order valence-electron chi connectivity index (χ2n) is 5.28. The first-order chi connectivity index (χ1) is 8.34. The topological polar surface area (TPSA) is 41.1 Å². The molecule has 0 bridgehead atoms. The zero-order valence-electron chi connectivity index (χ0n) is 11.0. The predicted octanol–water partition coefficient (Wildman–Crippen LogP) is 2.41. The van der Waals surface area contributed by atoms with Gasteiger partial charge in [-0.3, -0.25) is 4.79 Å². The van der Waals surface area contributed by atoms with Crippen LogP contribution in [0.25, 0.3) is 0 Å². The van der Waals surface area contributed by atoms with Gasteiger partial charge in [0.25, 0.3) is 0 Å². The molecule has 0 aromatic rings. The minimum absolute atomic E-state index is 0. The molecule has 18 heavy (non-hydrogen) atoms. The lowest BCUT2D eigenvalue weighted by Gasteiger charge is -2.15. The van der Waals surface area contributed by atoms with Gasteiger partial charge in [0.2, 0.25) is 5.91 Å². The minimum atomic E-state index is 0. The van der Waals surface area contributed by atoms with E-state index in [1.165, 1.54) is 31.3 Å². The first-order valence-corrected chi connectivity index (χ1v) is 7.00. The molecule has 104 valence electrons. The Labute approximate surface area is 116 Å². The van der Waals surface area contributed by atoms with Crippen molar-refractivity contribution in [1.29, 1.82) is 0 Å². The summed E-state index contributed by atoms with van der Waals surface area (Å²) >= 11 is 0. The molecule has 2 rings (SSSR count). The van der Waals surface area contributed by atoms with E-state index >= 15 is 0 Å². The van der Waals surface area contributed by atoms with Crippen LogP contribution in [0.2, 0.25) is 0 Å². The van der Waals surface area contributed by atoms with Crippen LogP contribution in [0.4, 0.5) is 0 Å². The molecule has 0 unspecified atom stereocenters. The molecule has 0 spiro atoms. The molecule has 0 atom stereocenters. The van der Waals surface area contributed by atoms with E-state index < -0.39 is 0 Å². The van der Waals surface area contributed by atoms with Crippen molar-refractivity contribution < 1.29 is 4.79 Å². The molecule has 2 aliphatic rings. The standard InChI is InChI=1S/C14H24N2O.ClH/c17-14(6-5-12-3-1-2-4-12)16-11-13-7-9-15-10-8-13;/h7,12,15H,1-6,8-11H2,(H,16,17);1H. The van der Waals surface area contributed by atoms with Gasteiger partial charge in [0.15, 0.2) is 0 Å². The Morgan fingerprint density at radius 2 is 2.17 bits per heavy atom. The molecule has 2 N–H and O–H groups in total. The van der Waals surface area contributed by atoms with Gasteiger partial charge in [0.05, 0.1) is 0 Å². The first kappa shape index (κ1) is 15.5. The van der Waals surface area contributed by atoms with Crippen LogP contribution >= 0.6 is 12.4 Å². The summed E-state index contributed by atoms with van der Waals surface area (Å²) in [5.41, 5.74) is 1.37. The van der Waals surface area contributed by atoms with E-state index in [0.717, 1.165) is 44.8 Å². The average molecular weight is 273 g/mol. The lowest BCUT2D eigenvalue weighted by Crippen LogP contribution is -2.29. The van der Waals surface area contributed by atoms with Crippen LogP contribution in [0.3, 0.4) is 0 Å². The smallest absolute Gasteiger partial charge is 0.220 e. The van der Waals surface area contributed by atoms with Gasteiger partial charge in [0, 0.05) is 19.5 Å². The SMILES string of the molecule is Cl.O=C(CCC1CCCC1)NCC1=CCNCC1. The first-order valence-electron chi connectivity index (χ1n) is 7.00. The Morgan fingerprint density at radius 3 is 2.83 bits per heavy atom. The van der Waals surface area contributed by atoms with Gasteiger partial charge in [-0.1, -0.05) is 37.3 Å². The molecule has 4 heteroatoms. The normalized spacial score (nSPS) is 20.1. The highest BCUT2D eigenvalue weighted by atomic mass is 35.5. The summed E-state index contributed by atoms with van der Waals surface area (Å²) in [7, 11) is 0. The number of rotatable bonds is 5. The molecule has 1 saturated carbocycles. The fourth-order valence-corrected chi connectivity index (χ4v) is 2.76. The molecule has 3 nitrogen and oxygen atoms in total. The number of hydrogen-bond acceptors (Lipinski definition) is 2. The molecular formula is C14H25ClN2O. The van der Waals surface area contributed by atoms with E-state index in [-0.39, 0.29) is 18.3 Å². The quantitative estimate of drug-likeness (QED) is 0.755. The van der Waals surface area contributed by atoms with Gasteiger partial charge < -0.3 is 10.6 Å². The number of amides is 1. The summed E-state index contributed by atoms with van der Waals surface area (Å²) in [5, 5.41) is 6.32. The Bertz CT molecular complexity index is 286. The molecular weight excluding hydrogens is 248 g/mol. The van der Waals surface area contributed by atoms with Gasteiger partial charge in [0.1, 0.15) is 0 Å². The Hall–Kier alpha value is -0.540. The van der Waals surface area contributed by atoms with Crippen molar-refractivity contribution in [3.8, 4) is 0 Å². The van der Waals surface area contributed by atoms with Gasteiger partial charge in [-0.25, -0.2) is 0 Å². The molecule has 1 fully saturated rings. The zero-order valence-corrected chi connectivity index (χ0v) is 11.9. The highest BCUT2D eigenvalue weighted by Gasteiger charge is 2.16. The largest absolute Gasteiger partial charge is 0.352 e. The molecule has 0 aromatic heterocycles. The van der Waals surface area contributed by atoms with Gasteiger partial charge in [-0.15, -0.1) is 12.4 Å². The maximum absolute atomic E-state index is 11.7. The highest BCUT2D eigenvalue weighted by Crippen LogP contribution is 2.28. The highest BCUT2D eigenvalue weighted by molar-refractivity contribution is 5.85. The third-order valence-electron chi connectivity index (χ3n) is 3.92. The molecule has 1 amide bonds. The van der Waals surface area contributed by atoms with Gasteiger partial charge >= 0.3 is 0 Å². The Balaban J connectivity index is 0.00000162. The number of carbonyl (C=O) groups excluding carboxylic acids is 1. The summed E-state index contributed by atoms with van der Waals surface area (Å²) in [4.78, 5) is 11.7. The number of carbonyl (C=O) groups is 1.